The van der Waals surface area contributed by atoms with E-state index in [1.54, 1.807) is 36.4 Å². The van der Waals surface area contributed by atoms with Crippen molar-refractivity contribution in [1.82, 2.24) is 9.97 Å². The predicted octanol–water partition coefficient (Wildman–Crippen LogP) is 5.21. The largest absolute Gasteiger partial charge is 0.422 e. The van der Waals surface area contributed by atoms with Gasteiger partial charge >= 0.3 is 5.63 Å². The number of aromatic nitrogens is 2. The van der Waals surface area contributed by atoms with Crippen molar-refractivity contribution in [3.63, 3.8) is 0 Å². The van der Waals surface area contributed by atoms with Gasteiger partial charge in [0.2, 0.25) is 0 Å². The number of nitrogens with one attached hydrogen (secondary N) is 2. The Balaban J connectivity index is 1.40. The van der Waals surface area contributed by atoms with E-state index in [9.17, 15) is 9.59 Å². The van der Waals surface area contributed by atoms with Crippen molar-refractivity contribution < 1.29 is 9.21 Å². The first-order valence-corrected chi connectivity index (χ1v) is 9.89. The van der Waals surface area contributed by atoms with Crippen LogP contribution in [0, 0.1) is 13.8 Å². The van der Waals surface area contributed by atoms with Gasteiger partial charge in [0.25, 0.3) is 5.91 Å². The van der Waals surface area contributed by atoms with E-state index in [2.05, 4.69) is 41.3 Å². The Morgan fingerprint density at radius 2 is 1.71 bits per heavy atom. The van der Waals surface area contributed by atoms with Crippen LogP contribution in [0.25, 0.3) is 33.4 Å². The number of hydrogen-bond donors (Lipinski definition) is 2. The molecule has 0 aliphatic carbocycles. The Kier molecular flexibility index (Phi) is 4.40. The Hall–Kier alpha value is -4.19. The number of carbonyl (C=O) groups is 1. The number of para-hydroxylation sites is 1. The van der Waals surface area contributed by atoms with Gasteiger partial charge in [-0.1, -0.05) is 18.2 Å². The van der Waals surface area contributed by atoms with Crippen LogP contribution < -0.4 is 10.9 Å². The first-order chi connectivity index (χ1) is 15.0. The third-order valence-electron chi connectivity index (χ3n) is 5.40. The van der Waals surface area contributed by atoms with Crippen molar-refractivity contribution in [2.75, 3.05) is 5.32 Å². The minimum atomic E-state index is -0.666. The molecule has 2 N–H and O–H groups in total. The second kappa shape index (κ2) is 7.25. The Labute approximate surface area is 177 Å². The van der Waals surface area contributed by atoms with Crippen molar-refractivity contribution in [3.8, 4) is 11.4 Å². The second-order valence-electron chi connectivity index (χ2n) is 7.56. The fourth-order valence-corrected chi connectivity index (χ4v) is 3.54. The summed E-state index contributed by atoms with van der Waals surface area (Å²) in [6.07, 6.45) is 0. The number of benzene rings is 3. The van der Waals surface area contributed by atoms with Crippen molar-refractivity contribution in [2.24, 2.45) is 0 Å². The van der Waals surface area contributed by atoms with Crippen molar-refractivity contribution >= 4 is 33.6 Å². The molecular formula is C25H19N3O3. The molecule has 0 aliphatic rings. The fraction of sp³-hybridized carbons (Fsp3) is 0.0800. The summed E-state index contributed by atoms with van der Waals surface area (Å²) in [6.45, 7) is 4.14. The molecule has 0 fully saturated rings. The van der Waals surface area contributed by atoms with Gasteiger partial charge in [0, 0.05) is 16.6 Å². The molecule has 2 aromatic heterocycles. The van der Waals surface area contributed by atoms with Gasteiger partial charge < -0.3 is 14.7 Å². The lowest BCUT2D eigenvalue weighted by atomic mass is 10.1. The van der Waals surface area contributed by atoms with E-state index in [-0.39, 0.29) is 5.56 Å². The summed E-state index contributed by atoms with van der Waals surface area (Å²) in [5.74, 6) is 0.245. The molecule has 1 amide bonds. The Morgan fingerprint density at radius 1 is 0.968 bits per heavy atom. The first kappa shape index (κ1) is 18.8. The lowest BCUT2D eigenvalue weighted by molar-refractivity contribution is 0.102. The third kappa shape index (κ3) is 3.48. The van der Waals surface area contributed by atoms with E-state index in [4.69, 9.17) is 4.42 Å². The highest BCUT2D eigenvalue weighted by Crippen LogP contribution is 2.24. The van der Waals surface area contributed by atoms with Crippen LogP contribution in [-0.4, -0.2) is 15.9 Å². The molecule has 0 atom stereocenters. The smallest absolute Gasteiger partial charge is 0.349 e. The van der Waals surface area contributed by atoms with E-state index in [1.165, 1.54) is 11.1 Å². The summed E-state index contributed by atoms with van der Waals surface area (Å²) >= 11 is 0. The molecule has 0 bridgehead atoms. The van der Waals surface area contributed by atoms with E-state index >= 15 is 0 Å². The van der Waals surface area contributed by atoms with E-state index in [0.717, 1.165) is 22.4 Å². The van der Waals surface area contributed by atoms with Gasteiger partial charge in [0.15, 0.2) is 0 Å². The molecule has 2 heterocycles. The quantitative estimate of drug-likeness (QED) is 0.401. The zero-order valence-corrected chi connectivity index (χ0v) is 17.0. The van der Waals surface area contributed by atoms with Gasteiger partial charge in [-0.3, -0.25) is 4.79 Å². The Bertz CT molecular complexity index is 1470. The second-order valence-corrected chi connectivity index (χ2v) is 7.56. The van der Waals surface area contributed by atoms with Gasteiger partial charge in [-0.2, -0.15) is 0 Å². The van der Waals surface area contributed by atoms with Gasteiger partial charge in [-0.25, -0.2) is 9.78 Å². The number of rotatable bonds is 3. The topological polar surface area (TPSA) is 88.0 Å². The third-order valence-corrected chi connectivity index (χ3v) is 5.40. The number of aromatic amines is 1. The number of H-pyrrole nitrogens is 1. The molecular weight excluding hydrogens is 390 g/mol. The number of nitrogens with zero attached hydrogens (tertiary/aromatic N) is 1. The normalized spacial score (nSPS) is 11.2. The molecule has 6 heteroatoms. The molecule has 5 rings (SSSR count). The molecule has 31 heavy (non-hydrogen) atoms. The van der Waals surface area contributed by atoms with Crippen LogP contribution in [0.3, 0.4) is 0 Å². The Morgan fingerprint density at radius 3 is 2.52 bits per heavy atom. The number of fused-ring (bicyclic) bond motifs is 2. The summed E-state index contributed by atoms with van der Waals surface area (Å²) in [7, 11) is 0. The highest BCUT2D eigenvalue weighted by atomic mass is 16.4. The number of imidazole rings is 1. The lowest BCUT2D eigenvalue weighted by Gasteiger charge is -2.06. The number of aryl methyl sites for hydroxylation is 2. The van der Waals surface area contributed by atoms with Gasteiger partial charge in [-0.05, 0) is 73.5 Å². The minimum Gasteiger partial charge on any atom is -0.422 e. The molecule has 0 saturated carbocycles. The van der Waals surface area contributed by atoms with Gasteiger partial charge in [0.1, 0.15) is 17.0 Å². The van der Waals surface area contributed by atoms with Crippen LogP contribution in [0.2, 0.25) is 0 Å². The average molecular weight is 409 g/mol. The van der Waals surface area contributed by atoms with Gasteiger partial charge in [-0.15, -0.1) is 0 Å². The van der Waals surface area contributed by atoms with Crippen molar-refractivity contribution in [3.05, 3.63) is 93.8 Å². The molecule has 0 radical (unpaired) electrons. The molecule has 152 valence electrons. The molecule has 0 saturated heterocycles. The monoisotopic (exact) mass is 409 g/mol. The maximum Gasteiger partial charge on any atom is 0.349 e. The van der Waals surface area contributed by atoms with Crippen LogP contribution in [0.5, 0.6) is 0 Å². The summed E-state index contributed by atoms with van der Waals surface area (Å²) in [6, 6.07) is 20.1. The number of anilines is 1. The summed E-state index contributed by atoms with van der Waals surface area (Å²) in [5, 5.41) is 3.45. The van der Waals surface area contributed by atoms with Crippen LogP contribution >= 0.6 is 0 Å². The minimum absolute atomic E-state index is 0.0363. The highest BCUT2D eigenvalue weighted by Gasteiger charge is 2.14. The first-order valence-electron chi connectivity index (χ1n) is 9.89. The molecule has 5 aromatic rings. The standard InChI is InChI=1S/C25H19N3O3/c1-14-11-20-21(12-15(14)2)28-23(27-20)16-7-9-18(10-8-16)26-24(29)19-13-17-5-3-4-6-22(17)31-25(19)30/h3-13H,1-2H3,(H,26,29)(H,27,28). The SMILES string of the molecule is Cc1cc2nc(-c3ccc(NC(=O)c4cc5ccccc5oc4=O)cc3)[nH]c2cc1C. The summed E-state index contributed by atoms with van der Waals surface area (Å²) in [5.41, 5.74) is 5.52. The van der Waals surface area contributed by atoms with Crippen LogP contribution in [0.15, 0.2) is 75.9 Å². The van der Waals surface area contributed by atoms with E-state index in [0.29, 0.717) is 16.7 Å². The molecule has 0 spiro atoms. The van der Waals surface area contributed by atoms with Crippen molar-refractivity contribution in [2.45, 2.75) is 13.8 Å². The highest BCUT2D eigenvalue weighted by molar-refractivity contribution is 6.05. The number of carbonyl (C=O) groups excluding carboxylic acids is 1. The van der Waals surface area contributed by atoms with Crippen LogP contribution in [0.4, 0.5) is 5.69 Å². The molecule has 0 unspecified atom stereocenters. The van der Waals surface area contributed by atoms with Crippen molar-refractivity contribution in [1.29, 1.82) is 0 Å². The molecule has 3 aromatic carbocycles. The van der Waals surface area contributed by atoms with E-state index in [1.807, 2.05) is 18.2 Å². The van der Waals surface area contributed by atoms with Crippen LogP contribution in [0.1, 0.15) is 21.5 Å². The summed E-state index contributed by atoms with van der Waals surface area (Å²) in [4.78, 5) is 32.8. The predicted molar refractivity (Wildman–Crippen MR) is 121 cm³/mol. The van der Waals surface area contributed by atoms with Crippen LogP contribution in [-0.2, 0) is 0 Å². The molecule has 0 aliphatic heterocycles. The fourth-order valence-electron chi connectivity index (χ4n) is 3.54. The average Bonchev–Trinajstić information content (AvgIpc) is 3.16. The summed E-state index contributed by atoms with van der Waals surface area (Å²) < 4.78 is 5.25. The van der Waals surface area contributed by atoms with Gasteiger partial charge in [0.05, 0.1) is 11.0 Å². The number of hydrogen-bond acceptors (Lipinski definition) is 4. The lowest BCUT2D eigenvalue weighted by Crippen LogP contribution is -2.20. The maximum atomic E-state index is 12.6. The molecule has 6 nitrogen and oxygen atoms in total. The zero-order valence-electron chi connectivity index (χ0n) is 17.0. The van der Waals surface area contributed by atoms with E-state index < -0.39 is 11.5 Å². The zero-order chi connectivity index (χ0) is 21.5. The maximum absolute atomic E-state index is 12.6. The number of amides is 1.